The Balaban J connectivity index is 1.62. The molecule has 0 saturated carbocycles. The van der Waals surface area contributed by atoms with Crippen molar-refractivity contribution in [1.29, 1.82) is 0 Å². The molecule has 0 atom stereocenters. The van der Waals surface area contributed by atoms with Gasteiger partial charge in [-0.3, -0.25) is 15.1 Å². The minimum atomic E-state index is -0.397. The Morgan fingerprint density at radius 3 is 2.23 bits per heavy atom. The first-order valence-electron chi connectivity index (χ1n) is 9.69. The highest BCUT2D eigenvalue weighted by atomic mass is 16.6. The topological polar surface area (TPSA) is 64.7 Å². The van der Waals surface area contributed by atoms with Crippen LogP contribution in [-0.2, 0) is 0 Å². The molecule has 4 rings (SSSR count). The average Bonchev–Trinajstić information content (AvgIpc) is 2.79. The number of aliphatic imine (C=N–C) groups is 1. The lowest BCUT2D eigenvalue weighted by Crippen LogP contribution is -1.97. The van der Waals surface area contributed by atoms with Crippen molar-refractivity contribution in [3.8, 4) is 16.9 Å². The number of hydrogen-bond donors (Lipinski definition) is 0. The summed E-state index contributed by atoms with van der Waals surface area (Å²) >= 11 is 0. The van der Waals surface area contributed by atoms with E-state index in [0.717, 1.165) is 38.9 Å². The van der Waals surface area contributed by atoms with Gasteiger partial charge in [0.15, 0.2) is 0 Å². The molecule has 4 aromatic carbocycles. The molecule has 0 spiro atoms. The number of hydrogen-bond acceptors (Lipinski definition) is 4. The molecule has 0 fully saturated rings. The molecule has 0 bridgehead atoms. The Morgan fingerprint density at radius 2 is 1.57 bits per heavy atom. The van der Waals surface area contributed by atoms with Crippen LogP contribution < -0.4 is 4.74 Å². The van der Waals surface area contributed by atoms with E-state index in [-0.39, 0.29) is 5.69 Å². The van der Waals surface area contributed by atoms with Crippen LogP contribution >= 0.6 is 0 Å². The van der Waals surface area contributed by atoms with Gasteiger partial charge in [0.1, 0.15) is 5.75 Å². The second-order valence-electron chi connectivity index (χ2n) is 6.74. The van der Waals surface area contributed by atoms with Crippen LogP contribution in [0.2, 0.25) is 0 Å². The molecular formula is C25H20N2O3. The molecule has 0 heterocycles. The monoisotopic (exact) mass is 396 g/mol. The van der Waals surface area contributed by atoms with E-state index < -0.39 is 4.92 Å². The maximum Gasteiger partial charge on any atom is 0.269 e. The number of fused-ring (bicyclic) bond motifs is 1. The van der Waals surface area contributed by atoms with Gasteiger partial charge in [-0.15, -0.1) is 0 Å². The van der Waals surface area contributed by atoms with Gasteiger partial charge in [0.2, 0.25) is 0 Å². The van der Waals surface area contributed by atoms with Gasteiger partial charge in [0.25, 0.3) is 5.69 Å². The second kappa shape index (κ2) is 8.57. The van der Waals surface area contributed by atoms with E-state index in [2.05, 4.69) is 23.2 Å². The zero-order valence-electron chi connectivity index (χ0n) is 16.5. The molecule has 0 saturated heterocycles. The molecule has 0 aliphatic heterocycles. The van der Waals surface area contributed by atoms with E-state index in [1.807, 2.05) is 55.6 Å². The summed E-state index contributed by atoms with van der Waals surface area (Å²) in [6, 6.07) is 26.5. The first-order chi connectivity index (χ1) is 14.7. The minimum Gasteiger partial charge on any atom is -0.493 e. The Morgan fingerprint density at radius 1 is 0.900 bits per heavy atom. The number of ether oxygens (including phenoxy) is 1. The van der Waals surface area contributed by atoms with Gasteiger partial charge >= 0.3 is 0 Å². The summed E-state index contributed by atoms with van der Waals surface area (Å²) in [4.78, 5) is 15.1. The molecule has 0 aromatic heterocycles. The molecule has 0 N–H and O–H groups in total. The third kappa shape index (κ3) is 4.05. The predicted octanol–water partition coefficient (Wildman–Crippen LogP) is 6.56. The van der Waals surface area contributed by atoms with Gasteiger partial charge in [-0.2, -0.15) is 0 Å². The van der Waals surface area contributed by atoms with Crippen LogP contribution in [0.5, 0.6) is 5.75 Å². The summed E-state index contributed by atoms with van der Waals surface area (Å²) in [7, 11) is 0. The third-order valence-corrected chi connectivity index (χ3v) is 4.85. The molecule has 0 radical (unpaired) electrons. The van der Waals surface area contributed by atoms with Crippen LogP contribution in [0.1, 0.15) is 12.5 Å². The maximum atomic E-state index is 10.8. The van der Waals surface area contributed by atoms with Crippen LogP contribution in [0.4, 0.5) is 11.4 Å². The minimum absolute atomic E-state index is 0.0835. The predicted molar refractivity (Wildman–Crippen MR) is 121 cm³/mol. The molecular weight excluding hydrogens is 376 g/mol. The molecule has 0 amide bonds. The highest BCUT2D eigenvalue weighted by Crippen LogP contribution is 2.28. The van der Waals surface area contributed by atoms with Crippen LogP contribution in [0.3, 0.4) is 0 Å². The summed E-state index contributed by atoms with van der Waals surface area (Å²) in [5.41, 5.74) is 3.75. The van der Waals surface area contributed by atoms with E-state index in [1.165, 1.54) is 12.1 Å². The fourth-order valence-electron chi connectivity index (χ4n) is 3.34. The average molecular weight is 396 g/mol. The molecule has 0 aliphatic carbocycles. The molecule has 0 unspecified atom stereocenters. The summed E-state index contributed by atoms with van der Waals surface area (Å²) < 4.78 is 5.80. The zero-order chi connectivity index (χ0) is 20.9. The lowest BCUT2D eigenvalue weighted by Gasteiger charge is -2.10. The number of non-ortho nitro benzene ring substituents is 1. The van der Waals surface area contributed by atoms with E-state index in [1.54, 1.807) is 12.1 Å². The molecule has 5 heteroatoms. The standard InChI is InChI=1S/C25H20N2O3/c1-2-30-25-16-11-20-5-3-4-6-23(20)24(25)17-26-21-12-7-18(8-13-21)19-9-14-22(15-10-19)27(28)29/h3-17H,2H2,1H3. The summed E-state index contributed by atoms with van der Waals surface area (Å²) in [5.74, 6) is 0.808. The van der Waals surface area contributed by atoms with Crippen LogP contribution in [-0.4, -0.2) is 17.7 Å². The van der Waals surface area contributed by atoms with Crippen molar-refractivity contribution < 1.29 is 9.66 Å². The first kappa shape index (κ1) is 19.3. The van der Waals surface area contributed by atoms with Gasteiger partial charge in [0, 0.05) is 23.9 Å². The summed E-state index contributed by atoms with van der Waals surface area (Å²) in [6.45, 7) is 2.55. The zero-order valence-corrected chi connectivity index (χ0v) is 16.5. The van der Waals surface area contributed by atoms with Gasteiger partial charge in [0.05, 0.1) is 17.2 Å². The fraction of sp³-hybridized carbons (Fsp3) is 0.0800. The Bertz CT molecular complexity index is 1210. The fourth-order valence-corrected chi connectivity index (χ4v) is 3.34. The van der Waals surface area contributed by atoms with Crippen molar-refractivity contribution in [2.75, 3.05) is 6.61 Å². The van der Waals surface area contributed by atoms with Gasteiger partial charge in [-0.25, -0.2) is 0 Å². The number of nitro groups is 1. The van der Waals surface area contributed by atoms with Crippen molar-refractivity contribution in [3.63, 3.8) is 0 Å². The number of nitrogens with zero attached hydrogens (tertiary/aromatic N) is 2. The molecule has 148 valence electrons. The first-order valence-corrected chi connectivity index (χ1v) is 9.69. The normalized spacial score (nSPS) is 11.1. The van der Waals surface area contributed by atoms with Gasteiger partial charge in [-0.05, 0) is 59.2 Å². The van der Waals surface area contributed by atoms with Gasteiger partial charge in [-0.1, -0.05) is 42.5 Å². The van der Waals surface area contributed by atoms with Crippen molar-refractivity contribution in [3.05, 3.63) is 101 Å². The second-order valence-corrected chi connectivity index (χ2v) is 6.74. The molecule has 30 heavy (non-hydrogen) atoms. The van der Waals surface area contributed by atoms with Crippen LogP contribution in [0.25, 0.3) is 21.9 Å². The SMILES string of the molecule is CCOc1ccc2ccccc2c1C=Nc1ccc(-c2ccc([N+](=O)[O-])cc2)cc1. The highest BCUT2D eigenvalue weighted by molar-refractivity contribution is 6.03. The quantitative estimate of drug-likeness (QED) is 0.210. The number of benzene rings is 4. The smallest absolute Gasteiger partial charge is 0.269 e. The van der Waals surface area contributed by atoms with Crippen molar-refractivity contribution in [1.82, 2.24) is 0 Å². The number of nitro benzene ring substituents is 1. The lowest BCUT2D eigenvalue weighted by molar-refractivity contribution is -0.384. The Kier molecular flexibility index (Phi) is 5.52. The molecule has 4 aromatic rings. The van der Waals surface area contributed by atoms with E-state index in [0.29, 0.717) is 6.61 Å². The van der Waals surface area contributed by atoms with Crippen LogP contribution in [0.15, 0.2) is 89.9 Å². The van der Waals surface area contributed by atoms with E-state index >= 15 is 0 Å². The lowest BCUT2D eigenvalue weighted by atomic mass is 10.0. The number of rotatable bonds is 6. The summed E-state index contributed by atoms with van der Waals surface area (Å²) in [6.07, 6.45) is 1.84. The maximum absolute atomic E-state index is 10.8. The van der Waals surface area contributed by atoms with E-state index in [9.17, 15) is 10.1 Å². The van der Waals surface area contributed by atoms with Crippen molar-refractivity contribution in [2.24, 2.45) is 4.99 Å². The van der Waals surface area contributed by atoms with Crippen molar-refractivity contribution in [2.45, 2.75) is 6.92 Å². The largest absolute Gasteiger partial charge is 0.493 e. The molecule has 0 aliphatic rings. The van der Waals surface area contributed by atoms with E-state index in [4.69, 9.17) is 4.74 Å². The third-order valence-electron chi connectivity index (χ3n) is 4.85. The van der Waals surface area contributed by atoms with Crippen molar-refractivity contribution >= 4 is 28.4 Å². The van der Waals surface area contributed by atoms with Crippen LogP contribution in [0, 0.1) is 10.1 Å². The summed E-state index contributed by atoms with van der Waals surface area (Å²) in [5, 5.41) is 13.0. The molecule has 5 nitrogen and oxygen atoms in total. The Labute approximate surface area is 174 Å². The Hall–Kier alpha value is -3.99. The van der Waals surface area contributed by atoms with Gasteiger partial charge < -0.3 is 4.74 Å². The highest BCUT2D eigenvalue weighted by Gasteiger charge is 2.07.